The number of H-pyrrole nitrogens is 1. The molecule has 5 nitrogen and oxygen atoms in total. The van der Waals surface area contributed by atoms with Crippen molar-refractivity contribution in [2.24, 2.45) is 0 Å². The van der Waals surface area contributed by atoms with Gasteiger partial charge in [-0.1, -0.05) is 11.6 Å². The maximum absolute atomic E-state index is 12.3. The molecule has 1 aromatic heterocycles. The Bertz CT molecular complexity index is 904. The summed E-state index contributed by atoms with van der Waals surface area (Å²) in [6, 6.07) is 11.0. The molecule has 1 amide bonds. The van der Waals surface area contributed by atoms with E-state index < -0.39 is 0 Å². The summed E-state index contributed by atoms with van der Waals surface area (Å²) in [5.41, 5.74) is 3.40. The first-order valence-corrected chi connectivity index (χ1v) is 7.75. The number of nitrogens with one attached hydrogen (secondary N) is 2. The fraction of sp³-hybridized carbons (Fsp3) is 0.176. The molecule has 6 heteroatoms. The Labute approximate surface area is 137 Å². The topological polar surface area (TPSA) is 67.0 Å². The quantitative estimate of drug-likeness (QED) is 0.777. The van der Waals surface area contributed by atoms with Gasteiger partial charge in [-0.3, -0.25) is 4.79 Å². The van der Waals surface area contributed by atoms with E-state index in [9.17, 15) is 4.79 Å². The summed E-state index contributed by atoms with van der Waals surface area (Å²) in [5, 5.41) is 3.53. The highest BCUT2D eigenvalue weighted by Gasteiger charge is 2.15. The molecule has 0 fully saturated rings. The van der Waals surface area contributed by atoms with Crippen LogP contribution in [0.15, 0.2) is 36.4 Å². The number of hydrogen-bond donors (Lipinski definition) is 2. The number of aromatic nitrogens is 2. The van der Waals surface area contributed by atoms with Crippen LogP contribution in [0.2, 0.25) is 5.02 Å². The van der Waals surface area contributed by atoms with Crippen LogP contribution in [0, 0.1) is 0 Å². The van der Waals surface area contributed by atoms with E-state index >= 15 is 0 Å². The number of rotatable bonds is 3. The zero-order valence-corrected chi connectivity index (χ0v) is 13.0. The predicted molar refractivity (Wildman–Crippen MR) is 87.9 cm³/mol. The summed E-state index contributed by atoms with van der Waals surface area (Å²) in [6.45, 7) is 1.01. The third-order valence-corrected chi connectivity index (χ3v) is 4.10. The minimum Gasteiger partial charge on any atom is -0.493 e. The van der Waals surface area contributed by atoms with Gasteiger partial charge in [0.1, 0.15) is 11.6 Å². The molecule has 0 spiro atoms. The molecule has 0 bridgehead atoms. The van der Waals surface area contributed by atoms with E-state index in [0.29, 0.717) is 29.6 Å². The Morgan fingerprint density at radius 3 is 3.13 bits per heavy atom. The number of hydrogen-bond acceptors (Lipinski definition) is 3. The Morgan fingerprint density at radius 2 is 2.22 bits per heavy atom. The Kier molecular flexibility index (Phi) is 3.42. The molecule has 2 heterocycles. The largest absolute Gasteiger partial charge is 0.493 e. The fourth-order valence-corrected chi connectivity index (χ4v) is 2.88. The van der Waals surface area contributed by atoms with Crippen LogP contribution in [-0.2, 0) is 13.0 Å². The third kappa shape index (κ3) is 2.75. The van der Waals surface area contributed by atoms with Gasteiger partial charge in [0.15, 0.2) is 0 Å². The summed E-state index contributed by atoms with van der Waals surface area (Å²) in [7, 11) is 0. The van der Waals surface area contributed by atoms with Gasteiger partial charge in [0.25, 0.3) is 5.91 Å². The van der Waals surface area contributed by atoms with Crippen LogP contribution >= 0.6 is 11.6 Å². The van der Waals surface area contributed by atoms with Crippen molar-refractivity contribution >= 4 is 28.5 Å². The van der Waals surface area contributed by atoms with E-state index in [1.165, 1.54) is 0 Å². The second kappa shape index (κ2) is 5.59. The highest BCUT2D eigenvalue weighted by Crippen LogP contribution is 2.25. The molecular formula is C17H14ClN3O2. The molecule has 2 N–H and O–H groups in total. The molecule has 0 unspecified atom stereocenters. The zero-order valence-electron chi connectivity index (χ0n) is 12.2. The number of nitrogens with zero attached hydrogens (tertiary/aromatic N) is 1. The van der Waals surface area contributed by atoms with Crippen LogP contribution < -0.4 is 10.1 Å². The molecule has 2 aromatic carbocycles. The second-order valence-corrected chi connectivity index (χ2v) is 5.89. The molecule has 1 aliphatic rings. The van der Waals surface area contributed by atoms with Crippen molar-refractivity contribution in [1.29, 1.82) is 0 Å². The van der Waals surface area contributed by atoms with Crippen LogP contribution in [0.3, 0.4) is 0 Å². The lowest BCUT2D eigenvalue weighted by atomic mass is 10.1. The van der Waals surface area contributed by atoms with Crippen molar-refractivity contribution in [3.8, 4) is 5.75 Å². The molecule has 0 saturated carbocycles. The first kappa shape index (κ1) is 14.1. The molecule has 0 atom stereocenters. The SMILES string of the molecule is O=C(NCc1nc2ccc(Cl)cc2[nH]1)c1ccc2c(c1)CCO2. The first-order valence-electron chi connectivity index (χ1n) is 7.37. The normalized spacial score (nSPS) is 12.9. The van der Waals surface area contributed by atoms with E-state index in [1.807, 2.05) is 24.3 Å². The van der Waals surface area contributed by atoms with Gasteiger partial charge in [-0.25, -0.2) is 4.98 Å². The Balaban J connectivity index is 1.48. The first-order chi connectivity index (χ1) is 11.2. The average molecular weight is 328 g/mol. The Hall–Kier alpha value is -2.53. The highest BCUT2D eigenvalue weighted by molar-refractivity contribution is 6.31. The summed E-state index contributed by atoms with van der Waals surface area (Å²) < 4.78 is 5.45. The van der Waals surface area contributed by atoms with Crippen LogP contribution in [0.1, 0.15) is 21.7 Å². The van der Waals surface area contributed by atoms with Gasteiger partial charge >= 0.3 is 0 Å². The van der Waals surface area contributed by atoms with Crippen molar-refractivity contribution in [3.63, 3.8) is 0 Å². The Morgan fingerprint density at radius 1 is 1.30 bits per heavy atom. The minimum absolute atomic E-state index is 0.127. The van der Waals surface area contributed by atoms with E-state index in [-0.39, 0.29) is 5.91 Å². The van der Waals surface area contributed by atoms with Crippen molar-refractivity contribution in [2.75, 3.05) is 6.61 Å². The number of carbonyl (C=O) groups excluding carboxylic acids is 1. The number of aromatic amines is 1. The molecule has 0 saturated heterocycles. The minimum atomic E-state index is -0.127. The second-order valence-electron chi connectivity index (χ2n) is 5.45. The monoisotopic (exact) mass is 327 g/mol. The molecule has 4 rings (SSSR count). The summed E-state index contributed by atoms with van der Waals surface area (Å²) in [6.07, 6.45) is 0.848. The van der Waals surface area contributed by atoms with Crippen LogP contribution in [0.4, 0.5) is 0 Å². The molecule has 116 valence electrons. The molecule has 23 heavy (non-hydrogen) atoms. The maximum atomic E-state index is 12.3. The van der Waals surface area contributed by atoms with Gasteiger partial charge < -0.3 is 15.0 Å². The van der Waals surface area contributed by atoms with Gasteiger partial charge in [0.2, 0.25) is 0 Å². The van der Waals surface area contributed by atoms with Crippen molar-refractivity contribution in [3.05, 3.63) is 58.4 Å². The lowest BCUT2D eigenvalue weighted by Crippen LogP contribution is -2.23. The lowest BCUT2D eigenvalue weighted by molar-refractivity contribution is 0.0950. The number of halogens is 1. The van der Waals surface area contributed by atoms with Crippen molar-refractivity contribution in [2.45, 2.75) is 13.0 Å². The van der Waals surface area contributed by atoms with Gasteiger partial charge in [-0.05, 0) is 42.0 Å². The number of fused-ring (bicyclic) bond motifs is 2. The van der Waals surface area contributed by atoms with Crippen molar-refractivity contribution in [1.82, 2.24) is 15.3 Å². The number of ether oxygens (including phenoxy) is 1. The number of imidazole rings is 1. The fourth-order valence-electron chi connectivity index (χ4n) is 2.71. The highest BCUT2D eigenvalue weighted by atomic mass is 35.5. The molecular weight excluding hydrogens is 314 g/mol. The van der Waals surface area contributed by atoms with Gasteiger partial charge in [0, 0.05) is 17.0 Å². The lowest BCUT2D eigenvalue weighted by Gasteiger charge is -2.05. The van der Waals surface area contributed by atoms with Crippen molar-refractivity contribution < 1.29 is 9.53 Å². The van der Waals surface area contributed by atoms with E-state index in [4.69, 9.17) is 16.3 Å². The maximum Gasteiger partial charge on any atom is 0.251 e. The standard InChI is InChI=1S/C17H14ClN3O2/c18-12-2-3-13-14(8-12)21-16(20-13)9-19-17(22)11-1-4-15-10(7-11)5-6-23-15/h1-4,7-8H,5-6,9H2,(H,19,22)(H,20,21). The number of carbonyl (C=O) groups is 1. The third-order valence-electron chi connectivity index (χ3n) is 3.86. The molecule has 0 radical (unpaired) electrons. The predicted octanol–water partition coefficient (Wildman–Crippen LogP) is 3.08. The summed E-state index contributed by atoms with van der Waals surface area (Å²) in [5.74, 6) is 1.44. The smallest absolute Gasteiger partial charge is 0.251 e. The van der Waals surface area contributed by atoms with E-state index in [1.54, 1.807) is 12.1 Å². The summed E-state index contributed by atoms with van der Waals surface area (Å²) in [4.78, 5) is 19.9. The molecule has 0 aliphatic carbocycles. The van der Waals surface area contributed by atoms with E-state index in [0.717, 1.165) is 28.8 Å². The number of amides is 1. The van der Waals surface area contributed by atoms with Crippen LogP contribution in [0.5, 0.6) is 5.75 Å². The average Bonchev–Trinajstić information content (AvgIpc) is 3.17. The van der Waals surface area contributed by atoms with Gasteiger partial charge in [0.05, 0.1) is 24.2 Å². The number of benzene rings is 2. The molecule has 3 aromatic rings. The van der Waals surface area contributed by atoms with Gasteiger partial charge in [-0.2, -0.15) is 0 Å². The van der Waals surface area contributed by atoms with E-state index in [2.05, 4.69) is 15.3 Å². The zero-order chi connectivity index (χ0) is 15.8. The van der Waals surface area contributed by atoms with Crippen LogP contribution in [0.25, 0.3) is 11.0 Å². The summed E-state index contributed by atoms with van der Waals surface area (Å²) >= 11 is 5.95. The van der Waals surface area contributed by atoms with Crippen LogP contribution in [-0.4, -0.2) is 22.5 Å². The van der Waals surface area contributed by atoms with Gasteiger partial charge in [-0.15, -0.1) is 0 Å². The molecule has 1 aliphatic heterocycles.